The topological polar surface area (TPSA) is 57.4 Å². The summed E-state index contributed by atoms with van der Waals surface area (Å²) in [6, 6.07) is 25.7. The van der Waals surface area contributed by atoms with Gasteiger partial charge in [-0.15, -0.1) is 0 Å². The van der Waals surface area contributed by atoms with Gasteiger partial charge in [0.2, 0.25) is 0 Å². The van der Waals surface area contributed by atoms with E-state index in [0.29, 0.717) is 23.8 Å². The van der Waals surface area contributed by atoms with Crippen molar-refractivity contribution in [2.24, 2.45) is 0 Å². The Bertz CT molecular complexity index is 1280. The highest BCUT2D eigenvalue weighted by Crippen LogP contribution is 2.20. The number of pyridine rings is 1. The summed E-state index contributed by atoms with van der Waals surface area (Å²) in [5.41, 5.74) is 4.49. The lowest BCUT2D eigenvalue weighted by atomic mass is 10.1. The summed E-state index contributed by atoms with van der Waals surface area (Å²) in [4.78, 5) is 17.8. The molecule has 0 atom stereocenters. The molecule has 3 aromatic carbocycles. The maximum Gasteiger partial charge on any atom is 0.253 e. The van der Waals surface area contributed by atoms with Crippen molar-refractivity contribution in [2.75, 3.05) is 12.4 Å². The molecule has 0 fully saturated rings. The lowest BCUT2D eigenvalue weighted by Gasteiger charge is -2.26. The van der Waals surface area contributed by atoms with Gasteiger partial charge in [-0.25, -0.2) is 0 Å². The Morgan fingerprint density at radius 3 is 2.47 bits per heavy atom. The summed E-state index contributed by atoms with van der Waals surface area (Å²) in [7, 11) is 1.63. The molecule has 4 aromatic rings. The van der Waals surface area contributed by atoms with Gasteiger partial charge < -0.3 is 19.9 Å². The van der Waals surface area contributed by atoms with Crippen molar-refractivity contribution in [3.05, 3.63) is 106 Å². The number of methoxy groups -OCH3 is 1. The van der Waals surface area contributed by atoms with Crippen LogP contribution in [-0.2, 0) is 13.1 Å². The highest BCUT2D eigenvalue weighted by atomic mass is 32.1. The van der Waals surface area contributed by atoms with E-state index in [1.807, 2.05) is 78.6 Å². The first-order valence-corrected chi connectivity index (χ1v) is 10.8. The van der Waals surface area contributed by atoms with Crippen molar-refractivity contribution < 1.29 is 4.74 Å². The quantitative estimate of drug-likeness (QED) is 0.399. The second kappa shape index (κ2) is 9.66. The molecule has 162 valence electrons. The number of aromatic amines is 1. The van der Waals surface area contributed by atoms with Crippen molar-refractivity contribution in [3.8, 4) is 5.75 Å². The van der Waals surface area contributed by atoms with E-state index in [1.54, 1.807) is 7.11 Å². The van der Waals surface area contributed by atoms with Crippen LogP contribution in [0.15, 0.2) is 83.7 Å². The van der Waals surface area contributed by atoms with Crippen molar-refractivity contribution in [3.63, 3.8) is 0 Å². The van der Waals surface area contributed by atoms with Gasteiger partial charge in [0.25, 0.3) is 5.56 Å². The highest BCUT2D eigenvalue weighted by molar-refractivity contribution is 7.80. The number of hydrogen-bond donors (Lipinski definition) is 2. The molecule has 2 N–H and O–H groups in total. The molecule has 0 radical (unpaired) electrons. The number of aromatic nitrogens is 1. The molecule has 0 unspecified atom stereocenters. The third-order valence-electron chi connectivity index (χ3n) is 5.30. The normalized spacial score (nSPS) is 10.7. The molecule has 1 aromatic heterocycles. The Morgan fingerprint density at radius 1 is 1.00 bits per heavy atom. The molecule has 0 saturated carbocycles. The molecular weight excluding hydrogens is 418 g/mol. The van der Waals surface area contributed by atoms with E-state index in [1.165, 1.54) is 5.56 Å². The average molecular weight is 444 g/mol. The molecule has 0 amide bonds. The minimum absolute atomic E-state index is 0.126. The van der Waals surface area contributed by atoms with Crippen LogP contribution < -0.4 is 15.6 Å². The van der Waals surface area contributed by atoms with Crippen molar-refractivity contribution >= 4 is 33.9 Å². The Kier molecular flexibility index (Phi) is 6.52. The Balaban J connectivity index is 1.64. The molecular formula is C26H25N3O2S. The Hall–Kier alpha value is -3.64. The van der Waals surface area contributed by atoms with Gasteiger partial charge in [0.1, 0.15) is 5.75 Å². The van der Waals surface area contributed by atoms with Crippen LogP contribution in [0.1, 0.15) is 16.7 Å². The van der Waals surface area contributed by atoms with E-state index < -0.39 is 0 Å². The Labute approximate surface area is 192 Å². The van der Waals surface area contributed by atoms with Crippen LogP contribution in [0.5, 0.6) is 5.75 Å². The minimum Gasteiger partial charge on any atom is -0.497 e. The van der Waals surface area contributed by atoms with Crippen LogP contribution in [-0.4, -0.2) is 22.1 Å². The van der Waals surface area contributed by atoms with Gasteiger partial charge in [-0.1, -0.05) is 48.0 Å². The second-order valence-electron chi connectivity index (χ2n) is 7.71. The number of anilines is 1. The number of ether oxygens (including phenoxy) is 1. The van der Waals surface area contributed by atoms with Crippen LogP contribution in [0.3, 0.4) is 0 Å². The van der Waals surface area contributed by atoms with E-state index >= 15 is 0 Å². The number of nitrogens with zero attached hydrogens (tertiary/aromatic N) is 1. The second-order valence-corrected chi connectivity index (χ2v) is 8.10. The summed E-state index contributed by atoms with van der Waals surface area (Å²) >= 11 is 5.75. The third kappa shape index (κ3) is 5.15. The van der Waals surface area contributed by atoms with E-state index in [9.17, 15) is 4.79 Å². The number of rotatable bonds is 6. The zero-order valence-corrected chi connectivity index (χ0v) is 18.9. The first-order valence-electron chi connectivity index (χ1n) is 10.4. The van der Waals surface area contributed by atoms with Crippen LogP contribution in [0.2, 0.25) is 0 Å². The zero-order chi connectivity index (χ0) is 22.5. The third-order valence-corrected chi connectivity index (χ3v) is 5.66. The number of fused-ring (bicyclic) bond motifs is 1. The summed E-state index contributed by atoms with van der Waals surface area (Å²) in [6.07, 6.45) is 0. The molecule has 0 bridgehead atoms. The lowest BCUT2D eigenvalue weighted by molar-refractivity contribution is 0.411. The molecule has 0 aliphatic heterocycles. The zero-order valence-electron chi connectivity index (χ0n) is 18.1. The Morgan fingerprint density at radius 2 is 1.75 bits per heavy atom. The van der Waals surface area contributed by atoms with Crippen molar-refractivity contribution in [2.45, 2.75) is 20.0 Å². The van der Waals surface area contributed by atoms with Gasteiger partial charge in [0.05, 0.1) is 13.7 Å². The molecule has 5 nitrogen and oxygen atoms in total. The summed E-state index contributed by atoms with van der Waals surface area (Å²) < 4.78 is 5.33. The van der Waals surface area contributed by atoms with Crippen LogP contribution in [0, 0.1) is 6.92 Å². The van der Waals surface area contributed by atoms with E-state index in [4.69, 9.17) is 17.0 Å². The predicted octanol–water partition coefficient (Wildman–Crippen LogP) is 5.24. The molecule has 6 heteroatoms. The van der Waals surface area contributed by atoms with Gasteiger partial charge in [0, 0.05) is 28.7 Å². The number of thiocarbonyl (C=S) groups is 1. The fourth-order valence-electron chi connectivity index (χ4n) is 3.52. The van der Waals surface area contributed by atoms with Crippen LogP contribution in [0.4, 0.5) is 5.69 Å². The molecule has 0 saturated heterocycles. The van der Waals surface area contributed by atoms with Crippen LogP contribution >= 0.6 is 12.2 Å². The lowest BCUT2D eigenvalue weighted by Crippen LogP contribution is -2.35. The fourth-order valence-corrected chi connectivity index (χ4v) is 3.77. The molecule has 0 spiro atoms. The van der Waals surface area contributed by atoms with E-state index in [0.717, 1.165) is 27.9 Å². The molecule has 0 aliphatic carbocycles. The van der Waals surface area contributed by atoms with Gasteiger partial charge in [0.15, 0.2) is 5.11 Å². The monoisotopic (exact) mass is 443 g/mol. The molecule has 32 heavy (non-hydrogen) atoms. The van der Waals surface area contributed by atoms with Gasteiger partial charge in [-0.3, -0.25) is 4.79 Å². The number of hydrogen-bond acceptors (Lipinski definition) is 3. The maximum atomic E-state index is 12.8. The number of nitrogens with one attached hydrogen (secondary N) is 2. The van der Waals surface area contributed by atoms with Crippen molar-refractivity contribution in [1.82, 2.24) is 9.88 Å². The number of H-pyrrole nitrogens is 1. The highest BCUT2D eigenvalue weighted by Gasteiger charge is 2.15. The van der Waals surface area contributed by atoms with Gasteiger partial charge in [-0.2, -0.15) is 0 Å². The predicted molar refractivity (Wildman–Crippen MR) is 134 cm³/mol. The van der Waals surface area contributed by atoms with Gasteiger partial charge >= 0.3 is 0 Å². The van der Waals surface area contributed by atoms with Crippen molar-refractivity contribution in [1.29, 1.82) is 0 Å². The number of benzene rings is 3. The molecule has 4 rings (SSSR count). The maximum absolute atomic E-state index is 12.8. The SMILES string of the molecule is COc1ccc2[nH]c(=O)c(CN(Cc3ccccc3)C(=S)Nc3ccc(C)cc3)cc2c1. The summed E-state index contributed by atoms with van der Waals surface area (Å²) in [5, 5.41) is 4.78. The largest absolute Gasteiger partial charge is 0.497 e. The summed E-state index contributed by atoms with van der Waals surface area (Å²) in [5.74, 6) is 0.744. The molecule has 1 heterocycles. The average Bonchev–Trinajstić information content (AvgIpc) is 2.81. The number of aryl methyl sites for hydroxylation is 1. The van der Waals surface area contributed by atoms with E-state index in [2.05, 4.69) is 22.4 Å². The first-order chi connectivity index (χ1) is 15.5. The molecule has 0 aliphatic rings. The van der Waals surface area contributed by atoms with E-state index in [-0.39, 0.29) is 5.56 Å². The van der Waals surface area contributed by atoms with Crippen LogP contribution in [0.25, 0.3) is 10.9 Å². The summed E-state index contributed by atoms with van der Waals surface area (Å²) in [6.45, 7) is 2.99. The fraction of sp³-hybridized carbons (Fsp3) is 0.154. The smallest absolute Gasteiger partial charge is 0.253 e. The van der Waals surface area contributed by atoms with Gasteiger partial charge in [-0.05, 0) is 61.1 Å². The standard InChI is InChI=1S/C26H25N3O2S/c1-18-8-10-22(11-9-18)27-26(32)29(16-19-6-4-3-5-7-19)17-21-14-20-15-23(31-2)12-13-24(20)28-25(21)30/h3-15H,16-17H2,1-2H3,(H,27,32)(H,28,30). The minimum atomic E-state index is -0.126. The first kappa shape index (κ1) is 21.6.